The second-order valence-electron chi connectivity index (χ2n) is 4.77. The fourth-order valence-electron chi connectivity index (χ4n) is 2.40. The summed E-state index contributed by atoms with van der Waals surface area (Å²) in [5.74, 6) is 1.06. The predicted octanol–water partition coefficient (Wildman–Crippen LogP) is 1.91. The number of rotatable bonds is 2. The summed E-state index contributed by atoms with van der Waals surface area (Å²) in [6.07, 6.45) is 8.19. The third-order valence-corrected chi connectivity index (χ3v) is 3.43. The SMILES string of the molecule is Cn1nc[n+](C)c1C=Cc1cn(C)c2ccccc12. The Balaban J connectivity index is 2.07. The maximum absolute atomic E-state index is 4.22. The number of nitrogens with zero attached hydrogens (tertiary/aromatic N) is 4. The molecule has 0 saturated heterocycles. The number of benzene rings is 1. The first-order valence-electron chi connectivity index (χ1n) is 6.26. The number of aromatic nitrogens is 4. The molecule has 0 aliphatic rings. The van der Waals surface area contributed by atoms with Crippen molar-refractivity contribution in [2.45, 2.75) is 0 Å². The van der Waals surface area contributed by atoms with Crippen LogP contribution in [0.5, 0.6) is 0 Å². The van der Waals surface area contributed by atoms with Gasteiger partial charge >= 0.3 is 0 Å². The Bertz CT molecular complexity index is 742. The van der Waals surface area contributed by atoms with Crippen LogP contribution in [0.25, 0.3) is 23.1 Å². The van der Waals surface area contributed by atoms with Crippen LogP contribution >= 0.6 is 0 Å². The van der Waals surface area contributed by atoms with E-state index < -0.39 is 0 Å². The second-order valence-corrected chi connectivity index (χ2v) is 4.77. The number of hydrogen-bond donors (Lipinski definition) is 0. The summed E-state index contributed by atoms with van der Waals surface area (Å²) in [4.78, 5) is 0. The van der Waals surface area contributed by atoms with E-state index in [0.29, 0.717) is 0 Å². The van der Waals surface area contributed by atoms with Gasteiger partial charge in [-0.2, -0.15) is 0 Å². The lowest BCUT2D eigenvalue weighted by Gasteiger charge is -1.93. The van der Waals surface area contributed by atoms with Gasteiger partial charge in [0, 0.05) is 40.9 Å². The molecule has 0 spiro atoms. The zero-order chi connectivity index (χ0) is 13.4. The Hall–Kier alpha value is -2.36. The molecule has 0 bridgehead atoms. The van der Waals surface area contributed by atoms with Gasteiger partial charge in [-0.1, -0.05) is 18.2 Å². The Kier molecular flexibility index (Phi) is 2.71. The molecule has 2 aromatic heterocycles. The van der Waals surface area contributed by atoms with Gasteiger partial charge in [-0.05, 0) is 12.1 Å². The second kappa shape index (κ2) is 4.39. The number of aryl methyl sites for hydroxylation is 3. The maximum atomic E-state index is 4.22. The van der Waals surface area contributed by atoms with Crippen molar-refractivity contribution < 1.29 is 4.57 Å². The van der Waals surface area contributed by atoms with Gasteiger partial charge in [0.2, 0.25) is 0 Å². The van der Waals surface area contributed by atoms with Crippen molar-refractivity contribution in [3.05, 3.63) is 48.2 Å². The monoisotopic (exact) mass is 253 g/mol. The lowest BCUT2D eigenvalue weighted by molar-refractivity contribution is -0.674. The highest BCUT2D eigenvalue weighted by Gasteiger charge is 2.09. The molecule has 19 heavy (non-hydrogen) atoms. The summed E-state index contributed by atoms with van der Waals surface area (Å²) < 4.78 is 6.02. The Morgan fingerprint density at radius 1 is 1.16 bits per heavy atom. The average molecular weight is 253 g/mol. The van der Waals surface area contributed by atoms with Crippen LogP contribution in [0.2, 0.25) is 0 Å². The first kappa shape index (κ1) is 11.7. The van der Waals surface area contributed by atoms with E-state index in [1.54, 1.807) is 0 Å². The fourth-order valence-corrected chi connectivity index (χ4v) is 2.40. The van der Waals surface area contributed by atoms with E-state index in [1.165, 1.54) is 16.5 Å². The third kappa shape index (κ3) is 1.95. The number of para-hydroxylation sites is 1. The van der Waals surface area contributed by atoms with Crippen LogP contribution in [0.4, 0.5) is 0 Å². The van der Waals surface area contributed by atoms with Crippen molar-refractivity contribution in [3.63, 3.8) is 0 Å². The van der Waals surface area contributed by atoms with Gasteiger partial charge < -0.3 is 4.57 Å². The molecule has 2 heterocycles. The van der Waals surface area contributed by atoms with Crippen molar-refractivity contribution in [2.75, 3.05) is 0 Å². The van der Waals surface area contributed by atoms with Gasteiger partial charge in [-0.3, -0.25) is 0 Å². The molecule has 0 N–H and O–H groups in total. The molecule has 1 aromatic carbocycles. The molecule has 96 valence electrons. The van der Waals surface area contributed by atoms with Gasteiger partial charge in [0.05, 0.1) is 14.1 Å². The largest absolute Gasteiger partial charge is 0.350 e. The molecule has 0 aliphatic carbocycles. The lowest BCUT2D eigenvalue weighted by Crippen LogP contribution is -2.29. The minimum atomic E-state index is 1.06. The quantitative estimate of drug-likeness (QED) is 0.641. The first-order chi connectivity index (χ1) is 9.16. The van der Waals surface area contributed by atoms with Crippen LogP contribution in [-0.4, -0.2) is 14.3 Å². The summed E-state index contributed by atoms with van der Waals surface area (Å²) in [6, 6.07) is 8.43. The normalized spacial score (nSPS) is 11.7. The van der Waals surface area contributed by atoms with Gasteiger partial charge in [-0.15, -0.1) is 4.68 Å². The van der Waals surface area contributed by atoms with Crippen LogP contribution in [0, 0.1) is 0 Å². The molecule has 4 heteroatoms. The molecule has 0 amide bonds. The van der Waals surface area contributed by atoms with E-state index in [9.17, 15) is 0 Å². The highest BCUT2D eigenvalue weighted by Crippen LogP contribution is 2.21. The summed E-state index contributed by atoms with van der Waals surface area (Å²) in [5.41, 5.74) is 2.47. The molecule has 3 aromatic rings. The topological polar surface area (TPSA) is 26.6 Å². The minimum absolute atomic E-state index is 1.06. The molecular weight excluding hydrogens is 236 g/mol. The molecule has 0 unspecified atom stereocenters. The minimum Gasteiger partial charge on any atom is -0.350 e. The zero-order valence-corrected chi connectivity index (χ0v) is 11.4. The van der Waals surface area contributed by atoms with Crippen LogP contribution in [0.3, 0.4) is 0 Å². The standard InChI is InChI=1S/C15H17N4/c1-17-10-12(13-6-4-5-7-14(13)17)8-9-15-18(2)11-16-19(15)3/h4-11H,1-3H3/q+1. The average Bonchev–Trinajstić information content (AvgIpc) is 2.90. The third-order valence-electron chi connectivity index (χ3n) is 3.43. The Morgan fingerprint density at radius 3 is 2.68 bits per heavy atom. The lowest BCUT2D eigenvalue weighted by atomic mass is 10.1. The van der Waals surface area contributed by atoms with Gasteiger partial charge in [0.15, 0.2) is 0 Å². The summed E-state index contributed by atoms with van der Waals surface area (Å²) >= 11 is 0. The van der Waals surface area contributed by atoms with Gasteiger partial charge in [-0.25, -0.2) is 4.57 Å². The molecule has 0 saturated carbocycles. The fraction of sp³-hybridized carbons (Fsp3) is 0.200. The van der Waals surface area contributed by atoms with Crippen molar-refractivity contribution >= 4 is 23.1 Å². The summed E-state index contributed by atoms with van der Waals surface area (Å²) in [6.45, 7) is 0. The smallest absolute Gasteiger partial charge is 0.265 e. The molecule has 0 atom stereocenters. The molecular formula is C15H17N4+. The molecule has 3 rings (SSSR count). The molecule has 0 aliphatic heterocycles. The molecule has 4 nitrogen and oxygen atoms in total. The van der Waals surface area contributed by atoms with E-state index in [4.69, 9.17) is 0 Å². The number of hydrogen-bond acceptors (Lipinski definition) is 1. The van der Waals surface area contributed by atoms with E-state index in [1.807, 2.05) is 29.7 Å². The van der Waals surface area contributed by atoms with Gasteiger partial charge in [0.1, 0.15) is 0 Å². The Morgan fingerprint density at radius 2 is 1.95 bits per heavy atom. The maximum Gasteiger partial charge on any atom is 0.265 e. The number of fused-ring (bicyclic) bond motifs is 1. The van der Waals surface area contributed by atoms with Crippen molar-refractivity contribution in [2.24, 2.45) is 21.1 Å². The van der Waals surface area contributed by atoms with Crippen LogP contribution in [0.1, 0.15) is 11.4 Å². The van der Waals surface area contributed by atoms with E-state index >= 15 is 0 Å². The van der Waals surface area contributed by atoms with Crippen LogP contribution in [0.15, 0.2) is 36.8 Å². The van der Waals surface area contributed by atoms with Crippen molar-refractivity contribution in [3.8, 4) is 0 Å². The summed E-state index contributed by atoms with van der Waals surface area (Å²) in [5, 5.41) is 5.49. The molecule has 0 radical (unpaired) electrons. The van der Waals surface area contributed by atoms with E-state index in [-0.39, 0.29) is 0 Å². The van der Waals surface area contributed by atoms with E-state index in [2.05, 4.69) is 59.3 Å². The molecule has 0 fully saturated rings. The summed E-state index contributed by atoms with van der Waals surface area (Å²) in [7, 11) is 6.02. The van der Waals surface area contributed by atoms with Crippen LogP contribution in [-0.2, 0) is 21.1 Å². The first-order valence-corrected chi connectivity index (χ1v) is 6.26. The highest BCUT2D eigenvalue weighted by atomic mass is 15.3. The van der Waals surface area contributed by atoms with Crippen molar-refractivity contribution in [1.29, 1.82) is 0 Å². The van der Waals surface area contributed by atoms with Crippen molar-refractivity contribution in [1.82, 2.24) is 14.3 Å². The van der Waals surface area contributed by atoms with Crippen LogP contribution < -0.4 is 4.57 Å². The van der Waals surface area contributed by atoms with Gasteiger partial charge in [0.25, 0.3) is 12.2 Å². The highest BCUT2D eigenvalue weighted by molar-refractivity contribution is 5.91. The van der Waals surface area contributed by atoms with E-state index in [0.717, 1.165) is 5.82 Å². The zero-order valence-electron chi connectivity index (χ0n) is 11.4. The Labute approximate surface area is 112 Å². The predicted molar refractivity (Wildman–Crippen MR) is 76.2 cm³/mol.